The van der Waals surface area contributed by atoms with E-state index in [1.165, 1.54) is 0 Å². The fourth-order valence-electron chi connectivity index (χ4n) is 5.32. The Morgan fingerprint density at radius 1 is 1.16 bits per heavy atom. The second-order valence-corrected chi connectivity index (χ2v) is 10.5. The zero-order chi connectivity index (χ0) is 27.8. The molecule has 9 heteroatoms. The number of nitrogens with zero attached hydrogens (tertiary/aromatic N) is 1. The molecule has 2 unspecified atom stereocenters. The van der Waals surface area contributed by atoms with Gasteiger partial charge in [-0.25, -0.2) is 0 Å². The summed E-state index contributed by atoms with van der Waals surface area (Å²) in [4.78, 5) is 37.0. The molecule has 0 saturated heterocycles. The molecule has 0 saturated carbocycles. The summed E-state index contributed by atoms with van der Waals surface area (Å²) in [6, 6.07) is 7.16. The quantitative estimate of drug-likeness (QED) is 0.207. The molecule has 38 heavy (non-hydrogen) atoms. The number of fused-ring (bicyclic) bond motifs is 3. The van der Waals surface area contributed by atoms with Crippen LogP contribution in [0.2, 0.25) is 0 Å². The Morgan fingerprint density at radius 2 is 1.87 bits per heavy atom. The van der Waals surface area contributed by atoms with Crippen molar-refractivity contribution in [1.29, 1.82) is 0 Å². The maximum absolute atomic E-state index is 12.2. The monoisotopic (exact) mass is 529 g/mol. The molecule has 0 amide bonds. The highest BCUT2D eigenvalue weighted by atomic mass is 16.6. The van der Waals surface area contributed by atoms with Crippen molar-refractivity contribution in [3.63, 3.8) is 0 Å². The number of carbonyl (C=O) groups is 3. The molecule has 0 aliphatic heterocycles. The van der Waals surface area contributed by atoms with Gasteiger partial charge in [-0.1, -0.05) is 42.5 Å². The van der Waals surface area contributed by atoms with Crippen molar-refractivity contribution in [3.8, 4) is 0 Å². The van der Waals surface area contributed by atoms with Crippen LogP contribution in [-0.2, 0) is 38.9 Å². The lowest BCUT2D eigenvalue weighted by Crippen LogP contribution is -2.54. The standard InChI is InChI=1S/C29H39NO8/c1-21(27(33)34)30(14-16-36-18-17-35-15-12-26(32)38-28(2,3)4)29-13-8-7-11-25(29)23(19-37-20-31)22-9-5-6-10-24(22)29/h5-11,20-21,23H,12-19H2,1-4H3,(H,33,34)/t21-,23?,29?/m0/s1. The van der Waals surface area contributed by atoms with Gasteiger partial charge >= 0.3 is 11.9 Å². The largest absolute Gasteiger partial charge is 0.480 e. The second kappa shape index (κ2) is 13.2. The van der Waals surface area contributed by atoms with Crippen LogP contribution >= 0.6 is 0 Å². The molecule has 2 aliphatic carbocycles. The van der Waals surface area contributed by atoms with E-state index >= 15 is 0 Å². The van der Waals surface area contributed by atoms with Crippen LogP contribution in [-0.4, -0.2) is 79.6 Å². The molecule has 2 aliphatic rings. The van der Waals surface area contributed by atoms with Crippen LogP contribution in [0.5, 0.6) is 0 Å². The number of carboxylic acid groups (broad SMARTS) is 1. The van der Waals surface area contributed by atoms with Crippen LogP contribution < -0.4 is 0 Å². The third-order valence-corrected chi connectivity index (χ3v) is 6.83. The number of carboxylic acids is 1. The number of esters is 1. The number of carbonyl (C=O) groups excluding carboxylic acids is 2. The minimum atomic E-state index is -0.927. The smallest absolute Gasteiger partial charge is 0.320 e. The molecule has 1 N–H and O–H groups in total. The van der Waals surface area contributed by atoms with Crippen molar-refractivity contribution in [3.05, 3.63) is 59.2 Å². The lowest BCUT2D eigenvalue weighted by molar-refractivity contribution is -0.156. The molecule has 0 aromatic heterocycles. The lowest BCUT2D eigenvalue weighted by Gasteiger charge is -2.46. The van der Waals surface area contributed by atoms with Gasteiger partial charge in [0, 0.05) is 12.5 Å². The van der Waals surface area contributed by atoms with Crippen LogP contribution in [0.1, 0.15) is 57.6 Å². The van der Waals surface area contributed by atoms with E-state index in [0.29, 0.717) is 39.3 Å². The van der Waals surface area contributed by atoms with Gasteiger partial charge in [0.15, 0.2) is 0 Å². The fourth-order valence-corrected chi connectivity index (χ4v) is 5.32. The molecule has 1 aromatic rings. The zero-order valence-corrected chi connectivity index (χ0v) is 22.7. The zero-order valence-electron chi connectivity index (χ0n) is 22.7. The first-order valence-corrected chi connectivity index (χ1v) is 13.0. The van der Waals surface area contributed by atoms with E-state index in [1.807, 2.05) is 68.2 Å². The molecule has 1 aromatic carbocycles. The van der Waals surface area contributed by atoms with E-state index in [1.54, 1.807) is 6.92 Å². The molecule has 0 heterocycles. The Morgan fingerprint density at radius 3 is 2.55 bits per heavy atom. The molecule has 0 fully saturated rings. The predicted molar refractivity (Wildman–Crippen MR) is 141 cm³/mol. The number of benzene rings is 1. The van der Waals surface area contributed by atoms with Crippen molar-refractivity contribution in [2.45, 2.75) is 63.6 Å². The van der Waals surface area contributed by atoms with Gasteiger partial charge in [0.25, 0.3) is 6.47 Å². The summed E-state index contributed by atoms with van der Waals surface area (Å²) in [7, 11) is 0. The van der Waals surface area contributed by atoms with E-state index in [2.05, 4.69) is 0 Å². The lowest BCUT2D eigenvalue weighted by atomic mass is 9.78. The summed E-state index contributed by atoms with van der Waals surface area (Å²) in [5.74, 6) is -1.40. The van der Waals surface area contributed by atoms with Crippen LogP contribution in [0.25, 0.3) is 0 Å². The molecule has 0 bridgehead atoms. The number of aliphatic carboxylic acids is 1. The van der Waals surface area contributed by atoms with Gasteiger partial charge in [0.1, 0.15) is 18.2 Å². The average Bonchev–Trinajstić information content (AvgIpc) is 3.15. The molecule has 3 atom stereocenters. The van der Waals surface area contributed by atoms with E-state index in [-0.39, 0.29) is 31.5 Å². The predicted octanol–water partition coefficient (Wildman–Crippen LogP) is 3.58. The molecular formula is C29H39NO8. The number of rotatable bonds is 15. The molecule has 3 rings (SSSR count). The van der Waals surface area contributed by atoms with Gasteiger partial charge in [-0.3, -0.25) is 19.3 Å². The topological polar surface area (TPSA) is 112 Å². The van der Waals surface area contributed by atoms with Crippen molar-refractivity contribution in [2.75, 3.05) is 39.6 Å². The average molecular weight is 530 g/mol. The van der Waals surface area contributed by atoms with Gasteiger partial charge in [-0.15, -0.1) is 0 Å². The number of hydrogen-bond acceptors (Lipinski definition) is 8. The molecule has 9 nitrogen and oxygen atoms in total. The summed E-state index contributed by atoms with van der Waals surface area (Å²) in [6.07, 6.45) is 6.80. The first-order valence-electron chi connectivity index (χ1n) is 13.0. The van der Waals surface area contributed by atoms with Crippen molar-refractivity contribution < 1.29 is 38.4 Å². The van der Waals surface area contributed by atoms with Crippen LogP contribution in [0.4, 0.5) is 0 Å². The highest BCUT2D eigenvalue weighted by molar-refractivity contribution is 5.74. The molecule has 208 valence electrons. The van der Waals surface area contributed by atoms with Gasteiger partial charge in [0.2, 0.25) is 0 Å². The Hall–Kier alpha value is -3.01. The number of allylic oxidation sites excluding steroid dienone is 2. The van der Waals surface area contributed by atoms with E-state index in [9.17, 15) is 19.5 Å². The maximum atomic E-state index is 12.2. The summed E-state index contributed by atoms with van der Waals surface area (Å²) in [6.45, 7) is 9.30. The summed E-state index contributed by atoms with van der Waals surface area (Å²) >= 11 is 0. The third kappa shape index (κ3) is 6.89. The molecule has 0 spiro atoms. The Labute approximate surface area is 224 Å². The maximum Gasteiger partial charge on any atom is 0.320 e. The first kappa shape index (κ1) is 29.5. The highest BCUT2D eigenvalue weighted by Crippen LogP contribution is 2.56. The third-order valence-electron chi connectivity index (χ3n) is 6.83. The van der Waals surface area contributed by atoms with Crippen LogP contribution in [0, 0.1) is 0 Å². The van der Waals surface area contributed by atoms with Crippen molar-refractivity contribution >= 4 is 18.4 Å². The second-order valence-electron chi connectivity index (χ2n) is 10.5. The number of hydrogen-bond donors (Lipinski definition) is 1. The van der Waals surface area contributed by atoms with E-state index < -0.39 is 23.2 Å². The van der Waals surface area contributed by atoms with E-state index in [4.69, 9.17) is 18.9 Å². The van der Waals surface area contributed by atoms with E-state index in [0.717, 1.165) is 16.7 Å². The van der Waals surface area contributed by atoms with Gasteiger partial charge in [-0.05, 0) is 50.8 Å². The summed E-state index contributed by atoms with van der Waals surface area (Å²) in [5, 5.41) is 10.0. The summed E-state index contributed by atoms with van der Waals surface area (Å²) in [5.41, 5.74) is 1.86. The fraction of sp³-hybridized carbons (Fsp3) is 0.552. The molecule has 0 radical (unpaired) electrons. The van der Waals surface area contributed by atoms with Gasteiger partial charge < -0.3 is 24.1 Å². The first-order chi connectivity index (χ1) is 18.1. The van der Waals surface area contributed by atoms with Crippen LogP contribution in [0.15, 0.2) is 48.1 Å². The Kier molecular flexibility index (Phi) is 10.2. The number of ether oxygens (including phenoxy) is 4. The van der Waals surface area contributed by atoms with Crippen molar-refractivity contribution in [1.82, 2.24) is 4.90 Å². The van der Waals surface area contributed by atoms with Crippen LogP contribution in [0.3, 0.4) is 0 Å². The minimum Gasteiger partial charge on any atom is -0.480 e. The normalized spacial score (nSPS) is 20.9. The highest BCUT2D eigenvalue weighted by Gasteiger charge is 2.53. The molecular weight excluding hydrogens is 490 g/mol. The van der Waals surface area contributed by atoms with Gasteiger partial charge in [-0.2, -0.15) is 0 Å². The van der Waals surface area contributed by atoms with Crippen molar-refractivity contribution in [2.24, 2.45) is 0 Å². The summed E-state index contributed by atoms with van der Waals surface area (Å²) < 4.78 is 21.8. The Balaban J connectivity index is 1.66. The minimum absolute atomic E-state index is 0.163. The van der Waals surface area contributed by atoms with Gasteiger partial charge in [0.05, 0.1) is 38.4 Å². The SMILES string of the molecule is C[C@@H](C(=O)O)N(CCOCCOCCC(=O)OC(C)(C)C)C12CC=CC=C1C(COC=O)c1ccccc12. The Bertz CT molecular complexity index is 1040.